The lowest BCUT2D eigenvalue weighted by Gasteiger charge is -2.18. The van der Waals surface area contributed by atoms with Gasteiger partial charge < -0.3 is 20.4 Å². The van der Waals surface area contributed by atoms with E-state index in [1.807, 2.05) is 25.3 Å². The number of aromatic nitrogens is 4. The van der Waals surface area contributed by atoms with Crippen LogP contribution in [0.15, 0.2) is 28.5 Å². The molecule has 0 atom stereocenters. The number of amides is 1. The van der Waals surface area contributed by atoms with Crippen molar-refractivity contribution < 1.29 is 9.53 Å². The van der Waals surface area contributed by atoms with Crippen molar-refractivity contribution in [3.63, 3.8) is 0 Å². The lowest BCUT2D eigenvalue weighted by molar-refractivity contribution is -0.128. The van der Waals surface area contributed by atoms with Gasteiger partial charge in [0.2, 0.25) is 5.91 Å². The zero-order chi connectivity index (χ0) is 21.5. The quantitative estimate of drug-likeness (QED) is 0.646. The first-order chi connectivity index (χ1) is 14.2. The summed E-state index contributed by atoms with van der Waals surface area (Å²) < 4.78 is 7.71. The molecule has 1 aliphatic heterocycles. The van der Waals surface area contributed by atoms with Gasteiger partial charge in [-0.2, -0.15) is 0 Å². The first-order valence-corrected chi connectivity index (χ1v) is 10.7. The molecule has 1 amide bonds. The van der Waals surface area contributed by atoms with E-state index in [9.17, 15) is 4.79 Å². The minimum absolute atomic E-state index is 0.00174. The molecule has 0 fully saturated rings. The highest BCUT2D eigenvalue weighted by Gasteiger charge is 2.22. The molecule has 4 rings (SSSR count). The SMILES string of the molecule is Cc1cc2c(cc1Sc1nc3c(N)ncnc3n1CCNC(=O)C(C)(C)C)OCC2. The highest BCUT2D eigenvalue weighted by molar-refractivity contribution is 7.99. The van der Waals surface area contributed by atoms with Crippen molar-refractivity contribution in [3.05, 3.63) is 29.6 Å². The summed E-state index contributed by atoms with van der Waals surface area (Å²) in [6.45, 7) is 9.48. The van der Waals surface area contributed by atoms with Gasteiger partial charge in [-0.3, -0.25) is 4.79 Å². The first-order valence-electron chi connectivity index (χ1n) is 9.93. The number of nitrogens with zero attached hydrogens (tertiary/aromatic N) is 4. The Morgan fingerprint density at radius 2 is 2.13 bits per heavy atom. The molecule has 0 saturated carbocycles. The van der Waals surface area contributed by atoms with Crippen LogP contribution in [0.2, 0.25) is 0 Å². The molecule has 3 heterocycles. The smallest absolute Gasteiger partial charge is 0.225 e. The Kier molecular flexibility index (Phi) is 5.31. The van der Waals surface area contributed by atoms with E-state index in [2.05, 4.69) is 34.3 Å². The number of benzene rings is 1. The number of nitrogens with two attached hydrogens (primary N) is 1. The number of carbonyl (C=O) groups excluding carboxylic acids is 1. The highest BCUT2D eigenvalue weighted by atomic mass is 32.2. The second-order valence-electron chi connectivity index (χ2n) is 8.41. The van der Waals surface area contributed by atoms with Gasteiger partial charge in [0.05, 0.1) is 6.61 Å². The van der Waals surface area contributed by atoms with E-state index in [-0.39, 0.29) is 5.91 Å². The van der Waals surface area contributed by atoms with Crippen LogP contribution in [0.3, 0.4) is 0 Å². The van der Waals surface area contributed by atoms with Crippen molar-refractivity contribution >= 4 is 34.7 Å². The number of aryl methyl sites for hydroxylation is 1. The molecule has 0 spiro atoms. The lowest BCUT2D eigenvalue weighted by Crippen LogP contribution is -2.36. The van der Waals surface area contributed by atoms with E-state index < -0.39 is 5.41 Å². The van der Waals surface area contributed by atoms with Crippen LogP contribution in [-0.4, -0.2) is 38.6 Å². The van der Waals surface area contributed by atoms with E-state index >= 15 is 0 Å². The molecule has 0 bridgehead atoms. The minimum Gasteiger partial charge on any atom is -0.493 e. The largest absolute Gasteiger partial charge is 0.493 e. The molecule has 2 aromatic heterocycles. The van der Waals surface area contributed by atoms with Gasteiger partial charge in [0, 0.05) is 29.8 Å². The summed E-state index contributed by atoms with van der Waals surface area (Å²) in [5.74, 6) is 1.28. The van der Waals surface area contributed by atoms with Crippen molar-refractivity contribution in [3.8, 4) is 5.75 Å². The second-order valence-corrected chi connectivity index (χ2v) is 9.42. The molecule has 0 saturated heterocycles. The van der Waals surface area contributed by atoms with Crippen LogP contribution < -0.4 is 15.8 Å². The van der Waals surface area contributed by atoms with E-state index in [1.165, 1.54) is 17.5 Å². The molecule has 0 radical (unpaired) electrons. The lowest BCUT2D eigenvalue weighted by atomic mass is 9.96. The monoisotopic (exact) mass is 426 g/mol. The highest BCUT2D eigenvalue weighted by Crippen LogP contribution is 2.37. The normalized spacial score (nSPS) is 13.3. The molecule has 1 aliphatic rings. The van der Waals surface area contributed by atoms with Gasteiger partial charge in [-0.05, 0) is 24.1 Å². The number of nitrogens with one attached hydrogen (secondary N) is 1. The van der Waals surface area contributed by atoms with Crippen molar-refractivity contribution in [2.75, 3.05) is 18.9 Å². The standard InChI is InChI=1S/C21H26N6O2S/c1-12-9-13-5-8-29-14(13)10-15(12)30-20-26-16-17(22)24-11-25-18(16)27(20)7-6-23-19(28)21(2,3)4/h9-11H,5-8H2,1-4H3,(H,23,28)(H2,22,24,25). The van der Waals surface area contributed by atoms with Crippen LogP contribution in [0.4, 0.5) is 5.82 Å². The van der Waals surface area contributed by atoms with Gasteiger partial charge in [0.1, 0.15) is 12.1 Å². The van der Waals surface area contributed by atoms with E-state index in [0.717, 1.165) is 28.8 Å². The maximum absolute atomic E-state index is 12.2. The predicted octanol–water partition coefficient (Wildman–Crippen LogP) is 2.97. The molecule has 30 heavy (non-hydrogen) atoms. The molecule has 3 N–H and O–H groups in total. The molecule has 9 heteroatoms. The second kappa shape index (κ2) is 7.79. The summed E-state index contributed by atoms with van der Waals surface area (Å²) >= 11 is 1.54. The number of fused-ring (bicyclic) bond motifs is 2. The van der Waals surface area contributed by atoms with Crippen LogP contribution >= 0.6 is 11.8 Å². The third-order valence-corrected chi connectivity index (χ3v) is 6.17. The summed E-state index contributed by atoms with van der Waals surface area (Å²) in [5, 5.41) is 3.74. The van der Waals surface area contributed by atoms with Crippen LogP contribution in [-0.2, 0) is 17.8 Å². The minimum atomic E-state index is -0.442. The van der Waals surface area contributed by atoms with E-state index in [1.54, 1.807) is 11.8 Å². The molecule has 8 nitrogen and oxygen atoms in total. The fraction of sp³-hybridized carbons (Fsp3) is 0.429. The van der Waals surface area contributed by atoms with Gasteiger partial charge in [-0.1, -0.05) is 38.6 Å². The molecule has 158 valence electrons. The van der Waals surface area contributed by atoms with Crippen molar-refractivity contribution in [1.29, 1.82) is 0 Å². The number of imidazole rings is 1. The zero-order valence-corrected chi connectivity index (χ0v) is 18.5. The summed E-state index contributed by atoms with van der Waals surface area (Å²) in [6.07, 6.45) is 2.38. The summed E-state index contributed by atoms with van der Waals surface area (Å²) in [7, 11) is 0. The fourth-order valence-corrected chi connectivity index (χ4v) is 4.31. The van der Waals surface area contributed by atoms with Crippen LogP contribution in [0.5, 0.6) is 5.75 Å². The predicted molar refractivity (Wildman–Crippen MR) is 117 cm³/mol. The number of rotatable bonds is 5. The molecular weight excluding hydrogens is 400 g/mol. The van der Waals surface area contributed by atoms with Crippen LogP contribution in [0, 0.1) is 12.3 Å². The van der Waals surface area contributed by atoms with Gasteiger partial charge >= 0.3 is 0 Å². The Morgan fingerprint density at radius 1 is 1.33 bits per heavy atom. The fourth-order valence-electron chi connectivity index (χ4n) is 3.30. The Hall–Kier alpha value is -2.81. The number of ether oxygens (including phenoxy) is 1. The summed E-state index contributed by atoms with van der Waals surface area (Å²) in [4.78, 5) is 26.5. The third-order valence-electron chi connectivity index (χ3n) is 5.02. The van der Waals surface area contributed by atoms with Gasteiger partial charge in [-0.15, -0.1) is 0 Å². The topological polar surface area (TPSA) is 108 Å². The summed E-state index contributed by atoms with van der Waals surface area (Å²) in [5.41, 5.74) is 9.24. The molecule has 1 aromatic carbocycles. The van der Waals surface area contributed by atoms with Gasteiger partial charge in [0.25, 0.3) is 0 Å². The molecule has 0 unspecified atom stereocenters. The number of carbonyl (C=O) groups is 1. The number of nitrogen functional groups attached to an aromatic ring is 1. The number of hydrogen-bond acceptors (Lipinski definition) is 7. The van der Waals surface area contributed by atoms with Crippen molar-refractivity contribution in [2.24, 2.45) is 5.41 Å². The Labute approximate surface area is 179 Å². The Balaban J connectivity index is 1.65. The molecule has 0 aliphatic carbocycles. The van der Waals surface area contributed by atoms with Gasteiger partial charge in [0.15, 0.2) is 22.1 Å². The van der Waals surface area contributed by atoms with E-state index in [4.69, 9.17) is 15.5 Å². The summed E-state index contributed by atoms with van der Waals surface area (Å²) in [6, 6.07) is 4.25. The number of hydrogen-bond donors (Lipinski definition) is 2. The molecule has 3 aromatic rings. The first kappa shape index (κ1) is 20.5. The van der Waals surface area contributed by atoms with Crippen molar-refractivity contribution in [2.45, 2.75) is 50.7 Å². The van der Waals surface area contributed by atoms with E-state index in [0.29, 0.717) is 30.1 Å². The molecular formula is C21H26N6O2S. The van der Waals surface area contributed by atoms with Gasteiger partial charge in [-0.25, -0.2) is 15.0 Å². The average molecular weight is 427 g/mol. The Morgan fingerprint density at radius 3 is 2.90 bits per heavy atom. The van der Waals surface area contributed by atoms with Crippen LogP contribution in [0.1, 0.15) is 31.9 Å². The Bertz CT molecular complexity index is 1120. The van der Waals surface area contributed by atoms with Crippen molar-refractivity contribution in [1.82, 2.24) is 24.8 Å². The average Bonchev–Trinajstić information content (AvgIpc) is 3.26. The van der Waals surface area contributed by atoms with Crippen LogP contribution in [0.25, 0.3) is 11.2 Å². The number of anilines is 1. The zero-order valence-electron chi connectivity index (χ0n) is 17.7. The third kappa shape index (κ3) is 3.94. The maximum Gasteiger partial charge on any atom is 0.225 e. The maximum atomic E-state index is 12.2.